The Morgan fingerprint density at radius 2 is 2.00 bits per heavy atom. The number of halogens is 3. The fraction of sp³-hybridized carbons (Fsp3) is 0.500. The van der Waals surface area contributed by atoms with Gasteiger partial charge in [-0.2, -0.15) is 13.2 Å². The third kappa shape index (κ3) is 2.89. The number of rotatable bonds is 4. The van der Waals surface area contributed by atoms with Crippen molar-refractivity contribution in [2.24, 2.45) is 11.7 Å². The summed E-state index contributed by atoms with van der Waals surface area (Å²) >= 11 is 0. The third-order valence-corrected chi connectivity index (χ3v) is 3.92. The van der Waals surface area contributed by atoms with Crippen molar-refractivity contribution in [3.05, 3.63) is 29.3 Å². The number of alkyl halides is 3. The second-order valence-corrected chi connectivity index (χ2v) is 5.33. The van der Waals surface area contributed by atoms with Crippen LogP contribution in [-0.4, -0.2) is 18.9 Å². The Balaban J connectivity index is 2.38. The van der Waals surface area contributed by atoms with Crippen LogP contribution in [0.2, 0.25) is 0 Å². The van der Waals surface area contributed by atoms with E-state index in [1.54, 1.807) is 13.1 Å². The number of anilines is 1. The smallest absolute Gasteiger partial charge is 0.384 e. The Morgan fingerprint density at radius 1 is 1.40 bits per heavy atom. The van der Waals surface area contributed by atoms with E-state index in [1.807, 2.05) is 11.8 Å². The van der Waals surface area contributed by atoms with Gasteiger partial charge in [0, 0.05) is 24.3 Å². The van der Waals surface area contributed by atoms with Gasteiger partial charge in [-0.15, -0.1) is 0 Å². The molecule has 3 nitrogen and oxygen atoms in total. The molecule has 1 unspecified atom stereocenters. The molecule has 1 aromatic rings. The highest BCUT2D eigenvalue weighted by Gasteiger charge is 2.36. The van der Waals surface area contributed by atoms with Gasteiger partial charge in [-0.1, -0.05) is 0 Å². The molecule has 1 saturated carbocycles. The van der Waals surface area contributed by atoms with Crippen LogP contribution >= 0.6 is 0 Å². The minimum absolute atomic E-state index is 0.208. The fourth-order valence-corrected chi connectivity index (χ4v) is 2.35. The summed E-state index contributed by atoms with van der Waals surface area (Å²) in [6.07, 6.45) is -2.26. The van der Waals surface area contributed by atoms with Crippen molar-refractivity contribution in [3.8, 4) is 0 Å². The second kappa shape index (κ2) is 5.00. The molecule has 0 aromatic heterocycles. The molecule has 0 radical (unpaired) electrons. The highest BCUT2D eigenvalue weighted by atomic mass is 19.4. The molecule has 1 aromatic carbocycles. The number of nitrogens with one attached hydrogen (secondary N) is 1. The molecular weight excluding hydrogens is 267 g/mol. The number of nitrogens with two attached hydrogens (primary N) is 1. The average molecular weight is 285 g/mol. The van der Waals surface area contributed by atoms with Crippen molar-refractivity contribution in [2.45, 2.75) is 32.0 Å². The number of hydrogen-bond acceptors (Lipinski definition) is 2. The fourth-order valence-electron chi connectivity index (χ4n) is 2.35. The Bertz CT molecular complexity index is 521. The normalized spacial score (nSPS) is 16.9. The van der Waals surface area contributed by atoms with Crippen molar-refractivity contribution in [2.75, 3.05) is 11.9 Å². The molecule has 1 aliphatic carbocycles. The second-order valence-electron chi connectivity index (χ2n) is 5.33. The predicted molar refractivity (Wildman–Crippen MR) is 73.0 cm³/mol. The van der Waals surface area contributed by atoms with E-state index in [2.05, 4.69) is 0 Å². The molecule has 0 saturated heterocycles. The monoisotopic (exact) mass is 285 g/mol. The van der Waals surface area contributed by atoms with E-state index in [0.717, 1.165) is 18.9 Å². The molecule has 1 fully saturated rings. The van der Waals surface area contributed by atoms with Crippen LogP contribution in [0.3, 0.4) is 0 Å². The summed E-state index contributed by atoms with van der Waals surface area (Å²) in [4.78, 5) is 1.86. The SMILES string of the molecule is CC(C1CC1)N(C)c1ccc(C(=N)N)c(C(F)(F)F)c1. The summed E-state index contributed by atoms with van der Waals surface area (Å²) in [5, 5.41) is 7.26. The Hall–Kier alpha value is -1.72. The first-order chi connectivity index (χ1) is 9.21. The van der Waals surface area contributed by atoms with Crippen LogP contribution in [0.4, 0.5) is 18.9 Å². The third-order valence-electron chi connectivity index (χ3n) is 3.92. The number of benzene rings is 1. The number of nitrogen functional groups attached to an aromatic ring is 1. The van der Waals surface area contributed by atoms with Crippen LogP contribution in [0.1, 0.15) is 30.9 Å². The van der Waals surface area contributed by atoms with Gasteiger partial charge in [0.15, 0.2) is 0 Å². The molecule has 20 heavy (non-hydrogen) atoms. The summed E-state index contributed by atoms with van der Waals surface area (Å²) in [5.74, 6) is -0.0106. The average Bonchev–Trinajstić information content (AvgIpc) is 3.19. The van der Waals surface area contributed by atoms with Crippen molar-refractivity contribution in [3.63, 3.8) is 0 Å². The lowest BCUT2D eigenvalue weighted by Crippen LogP contribution is -2.31. The van der Waals surface area contributed by atoms with Gasteiger partial charge in [0.2, 0.25) is 0 Å². The van der Waals surface area contributed by atoms with Gasteiger partial charge in [-0.05, 0) is 43.9 Å². The Labute approximate surface area is 116 Å². The molecule has 0 bridgehead atoms. The van der Waals surface area contributed by atoms with E-state index in [4.69, 9.17) is 11.1 Å². The molecule has 2 rings (SSSR count). The Morgan fingerprint density at radius 3 is 2.45 bits per heavy atom. The maximum Gasteiger partial charge on any atom is 0.417 e. The minimum Gasteiger partial charge on any atom is -0.384 e. The summed E-state index contributed by atoms with van der Waals surface area (Å²) in [5.41, 5.74) is 4.61. The zero-order valence-corrected chi connectivity index (χ0v) is 11.5. The molecule has 0 amide bonds. The van der Waals surface area contributed by atoms with E-state index in [9.17, 15) is 13.2 Å². The molecule has 110 valence electrons. The van der Waals surface area contributed by atoms with E-state index < -0.39 is 17.6 Å². The topological polar surface area (TPSA) is 53.1 Å². The van der Waals surface area contributed by atoms with Crippen LogP contribution < -0.4 is 10.6 Å². The van der Waals surface area contributed by atoms with Crippen LogP contribution in [0, 0.1) is 11.3 Å². The predicted octanol–water partition coefficient (Wildman–Crippen LogP) is 3.22. The number of amidine groups is 1. The van der Waals surface area contributed by atoms with Crippen molar-refractivity contribution < 1.29 is 13.2 Å². The van der Waals surface area contributed by atoms with Gasteiger partial charge < -0.3 is 10.6 Å². The van der Waals surface area contributed by atoms with E-state index in [1.165, 1.54) is 6.07 Å². The van der Waals surface area contributed by atoms with Gasteiger partial charge in [0.05, 0.1) is 5.56 Å². The molecule has 0 aliphatic heterocycles. The standard InChI is InChI=1S/C14H18F3N3/c1-8(9-3-4-9)20(2)10-5-6-11(13(18)19)12(7-10)14(15,16)17/h5-9H,3-4H2,1-2H3,(H3,18,19). The number of hydrogen-bond donors (Lipinski definition) is 2. The zero-order valence-electron chi connectivity index (χ0n) is 11.5. The molecular formula is C14H18F3N3. The molecule has 3 N–H and O–H groups in total. The Kier molecular flexibility index (Phi) is 3.67. The highest BCUT2D eigenvalue weighted by molar-refractivity contribution is 5.97. The van der Waals surface area contributed by atoms with Crippen molar-refractivity contribution in [1.82, 2.24) is 0 Å². The molecule has 1 aliphatic rings. The first-order valence-electron chi connectivity index (χ1n) is 6.50. The summed E-state index contributed by atoms with van der Waals surface area (Å²) < 4.78 is 39.2. The van der Waals surface area contributed by atoms with Gasteiger partial charge in [0.1, 0.15) is 5.84 Å². The minimum atomic E-state index is -4.51. The van der Waals surface area contributed by atoms with Gasteiger partial charge in [0.25, 0.3) is 0 Å². The van der Waals surface area contributed by atoms with Crippen LogP contribution in [0.25, 0.3) is 0 Å². The highest BCUT2D eigenvalue weighted by Crippen LogP contribution is 2.38. The lowest BCUT2D eigenvalue weighted by atomic mass is 10.0. The molecule has 0 heterocycles. The quantitative estimate of drug-likeness (QED) is 0.659. The van der Waals surface area contributed by atoms with Crippen molar-refractivity contribution >= 4 is 11.5 Å². The first kappa shape index (κ1) is 14.7. The summed E-state index contributed by atoms with van der Waals surface area (Å²) in [7, 11) is 1.80. The van der Waals surface area contributed by atoms with E-state index >= 15 is 0 Å². The van der Waals surface area contributed by atoms with Gasteiger partial charge in [-0.3, -0.25) is 5.41 Å². The maximum atomic E-state index is 13.1. The van der Waals surface area contributed by atoms with Gasteiger partial charge >= 0.3 is 6.18 Å². The molecule has 0 spiro atoms. The number of nitrogens with zero attached hydrogens (tertiary/aromatic N) is 1. The van der Waals surface area contributed by atoms with Crippen molar-refractivity contribution in [1.29, 1.82) is 5.41 Å². The summed E-state index contributed by atoms with van der Waals surface area (Å²) in [6.45, 7) is 2.02. The zero-order chi connectivity index (χ0) is 15.1. The maximum absolute atomic E-state index is 13.1. The molecule has 1 atom stereocenters. The lowest BCUT2D eigenvalue weighted by molar-refractivity contribution is -0.137. The van der Waals surface area contributed by atoms with Gasteiger partial charge in [-0.25, -0.2) is 0 Å². The van der Waals surface area contributed by atoms with E-state index in [0.29, 0.717) is 11.6 Å². The van der Waals surface area contributed by atoms with E-state index in [-0.39, 0.29) is 11.6 Å². The van der Waals surface area contributed by atoms with Crippen LogP contribution in [0.15, 0.2) is 18.2 Å². The first-order valence-corrected chi connectivity index (χ1v) is 6.50. The molecule has 6 heteroatoms. The lowest BCUT2D eigenvalue weighted by Gasteiger charge is -2.28. The largest absolute Gasteiger partial charge is 0.417 e. The van der Waals surface area contributed by atoms with Crippen LogP contribution in [0.5, 0.6) is 0 Å². The van der Waals surface area contributed by atoms with Crippen LogP contribution in [-0.2, 0) is 6.18 Å². The summed E-state index contributed by atoms with van der Waals surface area (Å²) in [6, 6.07) is 4.15.